The second-order valence-electron chi connectivity index (χ2n) is 2.63. The molecule has 68 valence electrons. The number of nitrogens with one attached hydrogen (secondary N) is 1. The van der Waals surface area contributed by atoms with Crippen molar-refractivity contribution in [2.75, 3.05) is 19.7 Å². The topological polar surface area (TPSA) is 58.6 Å². The van der Waals surface area contributed by atoms with Gasteiger partial charge in [-0.2, -0.15) is 0 Å². The fourth-order valence-corrected chi connectivity index (χ4v) is 1.17. The quantitative estimate of drug-likeness (QED) is 0.601. The molecule has 6 heteroatoms. The zero-order valence-electron chi connectivity index (χ0n) is 6.28. The van der Waals surface area contributed by atoms with Crippen molar-refractivity contribution in [1.29, 1.82) is 0 Å². The number of imide groups is 1. The zero-order valence-corrected chi connectivity index (χ0v) is 7.10. The van der Waals surface area contributed by atoms with Gasteiger partial charge in [-0.25, -0.2) is 9.69 Å². The van der Waals surface area contributed by atoms with Crippen LogP contribution in [0.15, 0.2) is 0 Å². The van der Waals surface area contributed by atoms with Gasteiger partial charge in [0, 0.05) is 13.1 Å². The Morgan fingerprint density at radius 3 is 2.42 bits per heavy atom. The smallest absolute Gasteiger partial charge is 0.417 e. The molecule has 0 bridgehead atoms. The summed E-state index contributed by atoms with van der Waals surface area (Å²) in [6, 6.07) is 0.0255. The third-order valence-corrected chi connectivity index (χ3v) is 1.91. The zero-order chi connectivity index (χ0) is 7.84. The maximum Gasteiger partial charge on any atom is 0.417 e. The number of carbonyl (C=O) groups is 2. The Morgan fingerprint density at radius 2 is 2.08 bits per heavy atom. The maximum atomic E-state index is 11.0. The number of amides is 2. The normalized spacial score (nSPS) is 23.2. The van der Waals surface area contributed by atoms with E-state index in [0.29, 0.717) is 13.1 Å². The van der Waals surface area contributed by atoms with Crippen molar-refractivity contribution < 1.29 is 14.3 Å². The molecule has 0 aromatic rings. The summed E-state index contributed by atoms with van der Waals surface area (Å²) in [4.78, 5) is 23.0. The van der Waals surface area contributed by atoms with Crippen LogP contribution in [-0.4, -0.2) is 42.6 Å². The van der Waals surface area contributed by atoms with Crippen molar-refractivity contribution in [3.8, 4) is 0 Å². The van der Waals surface area contributed by atoms with E-state index >= 15 is 0 Å². The number of rotatable bonds is 1. The molecule has 2 amide bonds. The van der Waals surface area contributed by atoms with Gasteiger partial charge in [-0.05, 0) is 0 Å². The summed E-state index contributed by atoms with van der Waals surface area (Å²) < 4.78 is 4.54. The Kier molecular flexibility index (Phi) is 2.54. The van der Waals surface area contributed by atoms with Gasteiger partial charge < -0.3 is 10.1 Å². The second-order valence-corrected chi connectivity index (χ2v) is 2.63. The van der Waals surface area contributed by atoms with Crippen molar-refractivity contribution in [3.05, 3.63) is 0 Å². The van der Waals surface area contributed by atoms with E-state index < -0.39 is 6.09 Å². The molecule has 0 radical (unpaired) electrons. The number of carbonyl (C=O) groups excluding carboxylic acids is 2. The average Bonchev–Trinajstić information content (AvgIpc) is 2.15. The lowest BCUT2D eigenvalue weighted by Crippen LogP contribution is -2.58. The van der Waals surface area contributed by atoms with Gasteiger partial charge >= 0.3 is 6.09 Å². The minimum atomic E-state index is -0.499. The minimum Gasteiger partial charge on any atom is -0.439 e. The van der Waals surface area contributed by atoms with Gasteiger partial charge in [0.05, 0.1) is 6.04 Å². The fraction of sp³-hybridized carbons (Fsp3) is 0.667. The van der Waals surface area contributed by atoms with Crippen LogP contribution in [0.3, 0.4) is 0 Å². The molecule has 0 aromatic heterocycles. The van der Waals surface area contributed by atoms with Crippen LogP contribution in [0.4, 0.5) is 4.79 Å². The molecular formula is C6H9ClN2O3. The molecule has 2 aliphatic heterocycles. The molecule has 12 heavy (non-hydrogen) atoms. The lowest BCUT2D eigenvalue weighted by atomic mass is 10.1. The first-order valence-corrected chi connectivity index (χ1v) is 3.48. The monoisotopic (exact) mass is 192 g/mol. The average molecular weight is 193 g/mol. The maximum absolute atomic E-state index is 11.0. The van der Waals surface area contributed by atoms with Gasteiger partial charge in [0.1, 0.15) is 0 Å². The molecule has 5 nitrogen and oxygen atoms in total. The summed E-state index contributed by atoms with van der Waals surface area (Å²) >= 11 is 0. The Hall–Kier alpha value is -0.810. The first kappa shape index (κ1) is 9.28. The fourth-order valence-electron chi connectivity index (χ4n) is 1.17. The summed E-state index contributed by atoms with van der Waals surface area (Å²) in [5.41, 5.74) is 0. The third-order valence-electron chi connectivity index (χ3n) is 1.91. The Morgan fingerprint density at radius 1 is 1.42 bits per heavy atom. The lowest BCUT2D eigenvalue weighted by Gasteiger charge is -2.32. The van der Waals surface area contributed by atoms with Crippen molar-refractivity contribution in [2.24, 2.45) is 0 Å². The highest BCUT2D eigenvalue weighted by molar-refractivity contribution is 5.98. The Labute approximate surface area is 75.5 Å². The summed E-state index contributed by atoms with van der Waals surface area (Å²) in [5.74, 6) is -0.221. The molecule has 0 atom stereocenters. The van der Waals surface area contributed by atoms with E-state index in [-0.39, 0.29) is 31.0 Å². The van der Waals surface area contributed by atoms with Gasteiger partial charge in [-0.3, -0.25) is 4.79 Å². The van der Waals surface area contributed by atoms with E-state index in [1.54, 1.807) is 0 Å². The van der Waals surface area contributed by atoms with Crippen LogP contribution < -0.4 is 5.32 Å². The van der Waals surface area contributed by atoms with E-state index in [1.165, 1.54) is 4.90 Å². The highest BCUT2D eigenvalue weighted by Crippen LogP contribution is 2.12. The molecule has 2 rings (SSSR count). The summed E-state index contributed by atoms with van der Waals surface area (Å²) in [6.07, 6.45) is -0.499. The van der Waals surface area contributed by atoms with Crippen LogP contribution in [0.2, 0.25) is 0 Å². The summed E-state index contributed by atoms with van der Waals surface area (Å²) in [6.45, 7) is 1.30. The molecule has 2 fully saturated rings. The Bertz CT molecular complexity index is 201. The predicted molar refractivity (Wildman–Crippen MR) is 42.1 cm³/mol. The van der Waals surface area contributed by atoms with Gasteiger partial charge in [-0.1, -0.05) is 0 Å². The number of hydrogen-bond acceptors (Lipinski definition) is 4. The van der Waals surface area contributed by atoms with E-state index in [0.717, 1.165) is 0 Å². The molecule has 0 unspecified atom stereocenters. The van der Waals surface area contributed by atoms with Gasteiger partial charge in [0.2, 0.25) is 0 Å². The molecule has 0 spiro atoms. The lowest BCUT2D eigenvalue weighted by molar-refractivity contribution is -0.128. The number of hydrogen-bond donors (Lipinski definition) is 1. The van der Waals surface area contributed by atoms with Gasteiger partial charge in [0.15, 0.2) is 6.61 Å². The van der Waals surface area contributed by atoms with E-state index in [1.807, 2.05) is 0 Å². The highest BCUT2D eigenvalue weighted by Gasteiger charge is 2.39. The van der Waals surface area contributed by atoms with Gasteiger partial charge in [0.25, 0.3) is 5.91 Å². The van der Waals surface area contributed by atoms with E-state index in [9.17, 15) is 9.59 Å². The molecule has 2 saturated heterocycles. The van der Waals surface area contributed by atoms with Crippen LogP contribution in [0, 0.1) is 0 Å². The molecule has 0 saturated carbocycles. The molecule has 0 aromatic carbocycles. The van der Waals surface area contributed by atoms with E-state index in [2.05, 4.69) is 10.1 Å². The van der Waals surface area contributed by atoms with Crippen LogP contribution in [0.5, 0.6) is 0 Å². The minimum absolute atomic E-state index is 0. The van der Waals surface area contributed by atoms with Crippen LogP contribution in [-0.2, 0) is 9.53 Å². The molecule has 2 aliphatic rings. The number of cyclic esters (lactones) is 1. The van der Waals surface area contributed by atoms with Crippen molar-refractivity contribution >= 4 is 24.4 Å². The van der Waals surface area contributed by atoms with Crippen molar-refractivity contribution in [1.82, 2.24) is 10.2 Å². The van der Waals surface area contributed by atoms with E-state index in [4.69, 9.17) is 0 Å². The van der Waals surface area contributed by atoms with Gasteiger partial charge in [-0.15, -0.1) is 12.4 Å². The largest absolute Gasteiger partial charge is 0.439 e. The van der Waals surface area contributed by atoms with Crippen LogP contribution in [0.25, 0.3) is 0 Å². The summed E-state index contributed by atoms with van der Waals surface area (Å²) in [7, 11) is 0. The first-order valence-electron chi connectivity index (χ1n) is 3.48. The third kappa shape index (κ3) is 1.25. The Balaban J connectivity index is 0.000000720. The standard InChI is InChI=1S/C6H8N2O3.ClH/c9-5-3-11-6(10)8(5)4-1-7-2-4;/h4,7H,1-3H2;1H. The molecule has 2 heterocycles. The second kappa shape index (κ2) is 3.28. The molecule has 0 aliphatic carbocycles. The molecule has 1 N–H and O–H groups in total. The molecular weight excluding hydrogens is 184 g/mol. The number of halogens is 1. The van der Waals surface area contributed by atoms with Crippen LogP contribution >= 0.6 is 12.4 Å². The van der Waals surface area contributed by atoms with Crippen molar-refractivity contribution in [3.63, 3.8) is 0 Å². The number of nitrogens with zero attached hydrogens (tertiary/aromatic N) is 1. The van der Waals surface area contributed by atoms with Crippen LogP contribution in [0.1, 0.15) is 0 Å². The highest BCUT2D eigenvalue weighted by atomic mass is 35.5. The SMILES string of the molecule is Cl.O=C1COC(=O)N1C1CNC1. The predicted octanol–water partition coefficient (Wildman–Crippen LogP) is -0.641. The first-order chi connectivity index (χ1) is 5.29. The van der Waals surface area contributed by atoms with Crippen molar-refractivity contribution in [2.45, 2.75) is 6.04 Å². The number of ether oxygens (including phenoxy) is 1. The summed E-state index contributed by atoms with van der Waals surface area (Å²) in [5, 5.41) is 2.98.